The zero-order valence-corrected chi connectivity index (χ0v) is 26.5. The Balaban J connectivity index is 1.67. The second-order valence-electron chi connectivity index (χ2n) is 11.5. The molecular weight excluding hydrogens is 649 g/mol. The van der Waals surface area contributed by atoms with Gasteiger partial charge in [0.05, 0.1) is 23.2 Å². The van der Waals surface area contributed by atoms with Gasteiger partial charge in [-0.3, -0.25) is 9.69 Å². The summed E-state index contributed by atoms with van der Waals surface area (Å²) in [6, 6.07) is 18.7. The van der Waals surface area contributed by atoms with Crippen LogP contribution in [0.25, 0.3) is 0 Å². The van der Waals surface area contributed by atoms with Crippen LogP contribution < -0.4 is 15.4 Å². The average Bonchev–Trinajstić information content (AvgIpc) is 2.89. The van der Waals surface area contributed by atoms with Crippen molar-refractivity contribution in [2.24, 2.45) is 11.1 Å². The average molecular weight is 679 g/mol. The van der Waals surface area contributed by atoms with E-state index in [0.29, 0.717) is 35.2 Å². The van der Waals surface area contributed by atoms with Gasteiger partial charge in [0.2, 0.25) is 0 Å². The fourth-order valence-electron chi connectivity index (χ4n) is 5.83. The molecule has 210 valence electrons. The van der Waals surface area contributed by atoms with Crippen molar-refractivity contribution in [1.29, 1.82) is 5.26 Å². The Kier molecular flexibility index (Phi) is 7.88. The lowest BCUT2D eigenvalue weighted by Gasteiger charge is -2.44. The summed E-state index contributed by atoms with van der Waals surface area (Å²) in [7, 11) is 0. The van der Waals surface area contributed by atoms with E-state index in [1.165, 1.54) is 6.07 Å². The molecule has 0 bridgehead atoms. The number of Topliss-reactive ketones (excluding diaryl/α,β-unsaturated/α-hetero) is 1. The van der Waals surface area contributed by atoms with Crippen molar-refractivity contribution in [1.82, 2.24) is 0 Å². The summed E-state index contributed by atoms with van der Waals surface area (Å²) in [5.41, 5.74) is 11.7. The molecule has 1 aliphatic carbocycles. The van der Waals surface area contributed by atoms with Gasteiger partial charge in [0, 0.05) is 26.6 Å². The van der Waals surface area contributed by atoms with Crippen molar-refractivity contribution >= 4 is 43.3 Å². The molecule has 3 aromatic rings. The van der Waals surface area contributed by atoms with E-state index in [0.717, 1.165) is 32.5 Å². The summed E-state index contributed by atoms with van der Waals surface area (Å²) in [4.78, 5) is 15.5. The summed E-state index contributed by atoms with van der Waals surface area (Å²) < 4.78 is 23.0. The lowest BCUT2D eigenvalue weighted by molar-refractivity contribution is -0.118. The molecule has 0 spiro atoms. The van der Waals surface area contributed by atoms with Crippen LogP contribution in [0, 0.1) is 36.4 Å². The maximum Gasteiger partial charge on any atom is 0.162 e. The van der Waals surface area contributed by atoms with Crippen molar-refractivity contribution in [3.8, 4) is 11.8 Å². The number of halogens is 3. The second-order valence-corrected chi connectivity index (χ2v) is 13.3. The van der Waals surface area contributed by atoms with Gasteiger partial charge in [-0.1, -0.05) is 57.8 Å². The summed E-state index contributed by atoms with van der Waals surface area (Å²) in [6.45, 7) is 8.36. The van der Waals surface area contributed by atoms with Crippen LogP contribution in [0.1, 0.15) is 54.9 Å². The third-order valence-corrected chi connectivity index (χ3v) is 8.80. The largest absolute Gasteiger partial charge is 0.489 e. The molecular formula is C33H30Br2FN3O2. The van der Waals surface area contributed by atoms with E-state index >= 15 is 4.39 Å². The third kappa shape index (κ3) is 5.58. The quantitative estimate of drug-likeness (QED) is 0.293. The van der Waals surface area contributed by atoms with Crippen LogP contribution in [-0.2, 0) is 11.4 Å². The monoisotopic (exact) mass is 677 g/mol. The van der Waals surface area contributed by atoms with Crippen LogP contribution in [0.3, 0.4) is 0 Å². The molecule has 0 radical (unpaired) electrons. The number of carbonyl (C=O) groups excluding carboxylic acids is 1. The first-order valence-electron chi connectivity index (χ1n) is 13.3. The number of benzene rings is 3. The molecule has 0 aromatic heterocycles. The van der Waals surface area contributed by atoms with Crippen molar-refractivity contribution in [2.45, 2.75) is 53.1 Å². The minimum Gasteiger partial charge on any atom is -0.489 e. The molecule has 5 rings (SSSR count). The molecule has 0 fully saturated rings. The number of rotatable bonds is 5. The SMILES string of the molecule is Cc1cc(C)c(C2C(C#N)=C(N)N(c3ccc(Br)cc3F)C3=C2C(=O)CC(C)(C)C3)cc1COc1ccc(Br)cc1. The molecule has 8 heteroatoms. The van der Waals surface area contributed by atoms with Crippen LogP contribution in [0.2, 0.25) is 0 Å². The van der Waals surface area contributed by atoms with Crippen LogP contribution in [-0.4, -0.2) is 5.78 Å². The van der Waals surface area contributed by atoms with Gasteiger partial charge in [-0.05, 0) is 90.4 Å². The van der Waals surface area contributed by atoms with Crippen molar-refractivity contribution in [3.63, 3.8) is 0 Å². The van der Waals surface area contributed by atoms with Gasteiger partial charge in [0.25, 0.3) is 0 Å². The fraction of sp³-hybridized carbons (Fsp3) is 0.273. The lowest BCUT2D eigenvalue weighted by atomic mass is 9.68. The smallest absolute Gasteiger partial charge is 0.162 e. The van der Waals surface area contributed by atoms with Gasteiger partial charge < -0.3 is 10.5 Å². The Morgan fingerprint density at radius 2 is 1.73 bits per heavy atom. The number of anilines is 1. The fourth-order valence-corrected chi connectivity index (χ4v) is 6.43. The van der Waals surface area contributed by atoms with E-state index in [9.17, 15) is 10.1 Å². The molecule has 0 saturated heterocycles. The number of hydrogen-bond donors (Lipinski definition) is 1. The highest BCUT2D eigenvalue weighted by atomic mass is 79.9. The molecule has 1 heterocycles. The highest BCUT2D eigenvalue weighted by Crippen LogP contribution is 2.51. The lowest BCUT2D eigenvalue weighted by Crippen LogP contribution is -2.42. The topological polar surface area (TPSA) is 79.4 Å². The van der Waals surface area contributed by atoms with Gasteiger partial charge in [0.15, 0.2) is 5.78 Å². The molecule has 0 amide bonds. The first-order chi connectivity index (χ1) is 19.4. The number of nitrogens with two attached hydrogens (primary N) is 1. The van der Waals surface area contributed by atoms with Crippen molar-refractivity contribution < 1.29 is 13.9 Å². The van der Waals surface area contributed by atoms with E-state index in [4.69, 9.17) is 10.5 Å². The minimum atomic E-state index is -0.666. The third-order valence-electron chi connectivity index (χ3n) is 7.78. The van der Waals surface area contributed by atoms with Gasteiger partial charge in [0.1, 0.15) is 24.0 Å². The maximum absolute atomic E-state index is 15.4. The summed E-state index contributed by atoms with van der Waals surface area (Å²) >= 11 is 6.76. The number of ketones is 1. The molecule has 1 unspecified atom stereocenters. The molecule has 2 N–H and O–H groups in total. The number of nitriles is 1. The van der Waals surface area contributed by atoms with E-state index in [-0.39, 0.29) is 28.3 Å². The highest BCUT2D eigenvalue weighted by Gasteiger charge is 2.45. The molecule has 1 atom stereocenters. The molecule has 5 nitrogen and oxygen atoms in total. The van der Waals surface area contributed by atoms with E-state index in [2.05, 4.69) is 44.0 Å². The van der Waals surface area contributed by atoms with Crippen molar-refractivity contribution in [2.75, 3.05) is 4.90 Å². The Bertz CT molecular complexity index is 1670. The Morgan fingerprint density at radius 3 is 2.39 bits per heavy atom. The Morgan fingerprint density at radius 1 is 1.05 bits per heavy atom. The van der Waals surface area contributed by atoms with Gasteiger partial charge in [-0.15, -0.1) is 0 Å². The van der Waals surface area contributed by atoms with Crippen LogP contribution in [0.4, 0.5) is 10.1 Å². The Labute approximate surface area is 256 Å². The summed E-state index contributed by atoms with van der Waals surface area (Å²) in [5.74, 6) is -0.358. The van der Waals surface area contributed by atoms with Crippen LogP contribution in [0.5, 0.6) is 5.75 Å². The number of allylic oxidation sites excluding steroid dienone is 3. The highest BCUT2D eigenvalue weighted by molar-refractivity contribution is 9.10. The van der Waals surface area contributed by atoms with E-state index in [1.54, 1.807) is 17.0 Å². The Hall–Kier alpha value is -3.41. The first-order valence-corrected chi connectivity index (χ1v) is 14.9. The number of carbonyl (C=O) groups is 1. The number of hydrogen-bond acceptors (Lipinski definition) is 5. The number of aryl methyl sites for hydroxylation is 2. The van der Waals surface area contributed by atoms with Gasteiger partial charge >= 0.3 is 0 Å². The molecule has 1 aliphatic heterocycles. The number of ether oxygens (including phenoxy) is 1. The predicted octanol–water partition coefficient (Wildman–Crippen LogP) is 8.49. The van der Waals surface area contributed by atoms with E-state index in [1.807, 2.05) is 58.0 Å². The molecule has 2 aliphatic rings. The zero-order chi connectivity index (χ0) is 29.6. The summed E-state index contributed by atoms with van der Waals surface area (Å²) in [5, 5.41) is 10.5. The number of nitrogens with zero attached hydrogens (tertiary/aromatic N) is 2. The van der Waals surface area contributed by atoms with E-state index < -0.39 is 11.7 Å². The molecule has 0 saturated carbocycles. The van der Waals surface area contributed by atoms with Crippen LogP contribution >= 0.6 is 31.9 Å². The normalized spacial score (nSPS) is 18.3. The molecule has 3 aromatic carbocycles. The van der Waals surface area contributed by atoms with Gasteiger partial charge in [-0.2, -0.15) is 5.26 Å². The maximum atomic E-state index is 15.4. The van der Waals surface area contributed by atoms with Crippen molar-refractivity contribution in [3.05, 3.63) is 114 Å². The molecule has 41 heavy (non-hydrogen) atoms. The predicted molar refractivity (Wildman–Crippen MR) is 166 cm³/mol. The van der Waals surface area contributed by atoms with Crippen LogP contribution in [0.15, 0.2) is 86.2 Å². The standard InChI is InChI=1S/C33H30Br2FN3O2/c1-18-11-19(2)24(12-20(18)17-41-23-8-5-21(34)6-9-23)30-25(16-37)32(38)39(27-10-7-22(35)13-26(27)36)28-14-33(3,4)15-29(40)31(28)30/h5-13,30H,14-15,17,38H2,1-4H3. The zero-order valence-electron chi connectivity index (χ0n) is 23.3. The summed E-state index contributed by atoms with van der Waals surface area (Å²) in [6.07, 6.45) is 0.825. The minimum absolute atomic E-state index is 0.0587. The first kappa shape index (κ1) is 29.1. The second kappa shape index (κ2) is 11.1. The van der Waals surface area contributed by atoms with Gasteiger partial charge in [-0.25, -0.2) is 4.39 Å².